The molecule has 0 heterocycles. The van der Waals surface area contributed by atoms with E-state index < -0.39 is 17.8 Å². The van der Waals surface area contributed by atoms with Gasteiger partial charge in [0.05, 0.1) is 11.9 Å². The Morgan fingerprint density at radius 2 is 2.12 bits per heavy atom. The highest BCUT2D eigenvalue weighted by atomic mass is 19.1. The van der Waals surface area contributed by atoms with E-state index in [4.69, 9.17) is 4.74 Å². The molecule has 0 fully saturated rings. The van der Waals surface area contributed by atoms with Gasteiger partial charge in [-0.2, -0.15) is 0 Å². The number of aliphatic hydroxyl groups excluding tert-OH is 1. The summed E-state index contributed by atoms with van der Waals surface area (Å²) in [7, 11) is 0. The van der Waals surface area contributed by atoms with Crippen LogP contribution in [0.5, 0.6) is 0 Å². The van der Waals surface area contributed by atoms with E-state index in [2.05, 4.69) is 17.2 Å². The lowest BCUT2D eigenvalue weighted by atomic mass is 10.0. The first kappa shape index (κ1) is 22.4. The number of carbonyl (C=O) groups is 1. The topological polar surface area (TPSA) is 70.6 Å². The number of aliphatic hydroxyl groups is 1. The third-order valence-electron chi connectivity index (χ3n) is 4.02. The Hall–Kier alpha value is -1.66. The number of ether oxygens (including phenoxy) is 1. The zero-order valence-corrected chi connectivity index (χ0v) is 16.4. The first-order valence-corrected chi connectivity index (χ1v) is 9.17. The van der Waals surface area contributed by atoms with E-state index >= 15 is 0 Å². The lowest BCUT2D eigenvalue weighted by molar-refractivity contribution is 0.0491. The molecule has 148 valence electrons. The largest absolute Gasteiger partial charge is 0.444 e. The first-order chi connectivity index (χ1) is 12.1. The monoisotopic (exact) mass is 368 g/mol. The molecule has 1 aliphatic carbocycles. The summed E-state index contributed by atoms with van der Waals surface area (Å²) >= 11 is 0. The van der Waals surface area contributed by atoms with Gasteiger partial charge in [-0.25, -0.2) is 9.18 Å². The minimum Gasteiger partial charge on any atom is -0.444 e. The molecule has 26 heavy (non-hydrogen) atoms. The minimum atomic E-state index is -0.726. The van der Waals surface area contributed by atoms with Crippen LogP contribution in [0, 0.1) is 0 Å². The van der Waals surface area contributed by atoms with Gasteiger partial charge in [0.2, 0.25) is 0 Å². The van der Waals surface area contributed by atoms with E-state index in [9.17, 15) is 14.3 Å². The van der Waals surface area contributed by atoms with Gasteiger partial charge in [-0.05, 0) is 70.6 Å². The van der Waals surface area contributed by atoms with Crippen molar-refractivity contribution in [3.8, 4) is 0 Å². The molecule has 2 atom stereocenters. The fraction of sp³-hybridized carbons (Fsp3) is 0.650. The van der Waals surface area contributed by atoms with Crippen LogP contribution in [0.1, 0.15) is 53.4 Å². The molecule has 0 radical (unpaired) electrons. The molecule has 1 amide bonds. The summed E-state index contributed by atoms with van der Waals surface area (Å²) in [6.45, 7) is 11.1. The third-order valence-corrected chi connectivity index (χ3v) is 4.02. The number of allylic oxidation sites excluding steroid dienone is 4. The van der Waals surface area contributed by atoms with E-state index in [0.717, 1.165) is 30.4 Å². The summed E-state index contributed by atoms with van der Waals surface area (Å²) < 4.78 is 18.5. The molecule has 2 unspecified atom stereocenters. The summed E-state index contributed by atoms with van der Waals surface area (Å²) in [6, 6.07) is 0.147. The molecule has 0 aromatic rings. The van der Waals surface area contributed by atoms with Crippen LogP contribution >= 0.6 is 0 Å². The lowest BCUT2D eigenvalue weighted by Crippen LogP contribution is -2.42. The van der Waals surface area contributed by atoms with Gasteiger partial charge in [0.25, 0.3) is 0 Å². The molecule has 0 spiro atoms. The molecule has 0 bridgehead atoms. The van der Waals surface area contributed by atoms with Gasteiger partial charge in [-0.3, -0.25) is 0 Å². The summed E-state index contributed by atoms with van der Waals surface area (Å²) in [4.78, 5) is 11.6. The Labute approximate surface area is 156 Å². The maximum absolute atomic E-state index is 13.3. The second-order valence-corrected chi connectivity index (χ2v) is 7.72. The van der Waals surface area contributed by atoms with Crippen LogP contribution in [0.15, 0.2) is 35.7 Å². The summed E-state index contributed by atoms with van der Waals surface area (Å²) in [5.41, 5.74) is 1.47. The van der Waals surface area contributed by atoms with E-state index in [1.54, 1.807) is 32.9 Å². The number of alkyl carbamates (subject to hydrolysis) is 1. The molecular formula is C20H33FN2O3. The van der Waals surface area contributed by atoms with Crippen LogP contribution in [0.3, 0.4) is 0 Å². The van der Waals surface area contributed by atoms with Gasteiger partial charge in [0, 0.05) is 19.1 Å². The van der Waals surface area contributed by atoms with Gasteiger partial charge in [0.15, 0.2) is 0 Å². The highest BCUT2D eigenvalue weighted by Crippen LogP contribution is 2.26. The highest BCUT2D eigenvalue weighted by Gasteiger charge is 2.19. The van der Waals surface area contributed by atoms with Gasteiger partial charge >= 0.3 is 6.09 Å². The first-order valence-electron chi connectivity index (χ1n) is 9.17. The number of hydrogen-bond donors (Lipinski definition) is 3. The van der Waals surface area contributed by atoms with Crippen LogP contribution in [-0.2, 0) is 4.74 Å². The van der Waals surface area contributed by atoms with Crippen molar-refractivity contribution in [3.63, 3.8) is 0 Å². The maximum Gasteiger partial charge on any atom is 0.407 e. The average molecular weight is 368 g/mol. The Balaban J connectivity index is 2.48. The summed E-state index contributed by atoms with van der Waals surface area (Å²) in [6.07, 6.45) is 5.58. The van der Waals surface area contributed by atoms with Gasteiger partial charge in [-0.1, -0.05) is 12.7 Å². The zero-order valence-electron chi connectivity index (χ0n) is 16.4. The van der Waals surface area contributed by atoms with Crippen LogP contribution in [0.4, 0.5) is 9.18 Å². The summed E-state index contributed by atoms with van der Waals surface area (Å²) in [5, 5.41) is 16.0. The molecule has 0 aliphatic heterocycles. The number of rotatable bonds is 7. The predicted octanol–water partition coefficient (Wildman–Crippen LogP) is 3.76. The van der Waals surface area contributed by atoms with Crippen molar-refractivity contribution in [1.29, 1.82) is 0 Å². The minimum absolute atomic E-state index is 0.110. The molecule has 0 aromatic carbocycles. The smallest absolute Gasteiger partial charge is 0.407 e. The maximum atomic E-state index is 13.3. The van der Waals surface area contributed by atoms with Crippen molar-refractivity contribution in [1.82, 2.24) is 10.6 Å². The van der Waals surface area contributed by atoms with Gasteiger partial charge < -0.3 is 20.5 Å². The molecule has 5 nitrogen and oxygen atoms in total. The zero-order chi connectivity index (χ0) is 19.7. The molecule has 0 saturated carbocycles. The highest BCUT2D eigenvalue weighted by molar-refractivity contribution is 5.67. The van der Waals surface area contributed by atoms with E-state index in [1.807, 2.05) is 0 Å². The van der Waals surface area contributed by atoms with E-state index in [1.165, 1.54) is 6.92 Å². The van der Waals surface area contributed by atoms with Crippen LogP contribution in [-0.4, -0.2) is 42.0 Å². The molecule has 0 saturated heterocycles. The Bertz CT molecular complexity index is 546. The van der Waals surface area contributed by atoms with Crippen molar-refractivity contribution < 1.29 is 19.0 Å². The Morgan fingerprint density at radius 1 is 1.42 bits per heavy atom. The van der Waals surface area contributed by atoms with Crippen molar-refractivity contribution in [2.75, 3.05) is 13.1 Å². The van der Waals surface area contributed by atoms with E-state index in [-0.39, 0.29) is 18.4 Å². The van der Waals surface area contributed by atoms with E-state index in [0.29, 0.717) is 13.0 Å². The standard InChI is InChI=1S/C20H33FN2O3/c1-6-15-8-7-9-17(11-16(15)10-14(2)21)22-12-18(24)13-23-19(25)26-20(3,4)5/h6,10,17-18,22,24H,1,7-9,11-13H2,2-5H3,(H,23,25)/b14-10+. The number of amides is 1. The molecule has 0 aromatic heterocycles. The second kappa shape index (κ2) is 10.5. The SMILES string of the molecule is C=CC1=C(/C=C(\C)F)CC(NCC(O)CNC(=O)OC(C)(C)C)CCC1. The van der Waals surface area contributed by atoms with Crippen molar-refractivity contribution >= 4 is 6.09 Å². The molecule has 1 rings (SSSR count). The van der Waals surface area contributed by atoms with Crippen molar-refractivity contribution in [3.05, 3.63) is 35.7 Å². The quantitative estimate of drug-likeness (QED) is 0.640. The third kappa shape index (κ3) is 9.15. The summed E-state index contributed by atoms with van der Waals surface area (Å²) in [5.74, 6) is -0.221. The molecule has 1 aliphatic rings. The average Bonchev–Trinajstić information content (AvgIpc) is 2.70. The van der Waals surface area contributed by atoms with Crippen molar-refractivity contribution in [2.45, 2.75) is 71.1 Å². The molecular weight excluding hydrogens is 335 g/mol. The number of halogens is 1. The second-order valence-electron chi connectivity index (χ2n) is 7.72. The molecule has 3 N–H and O–H groups in total. The lowest BCUT2D eigenvalue weighted by Gasteiger charge is -2.22. The van der Waals surface area contributed by atoms with Crippen molar-refractivity contribution in [2.24, 2.45) is 0 Å². The van der Waals surface area contributed by atoms with Gasteiger partial charge in [0.1, 0.15) is 5.60 Å². The normalized spacial score (nSPS) is 20.4. The van der Waals surface area contributed by atoms with Crippen LogP contribution in [0.2, 0.25) is 0 Å². The molecule has 6 heteroatoms. The number of hydrogen-bond acceptors (Lipinski definition) is 4. The number of nitrogens with one attached hydrogen (secondary N) is 2. The fourth-order valence-electron chi connectivity index (χ4n) is 2.89. The Morgan fingerprint density at radius 3 is 2.69 bits per heavy atom. The Kier molecular flexibility index (Phi) is 9.02. The number of carbonyl (C=O) groups excluding carboxylic acids is 1. The van der Waals surface area contributed by atoms with Gasteiger partial charge in [-0.15, -0.1) is 0 Å². The van der Waals surface area contributed by atoms with Crippen LogP contribution in [0.25, 0.3) is 0 Å². The predicted molar refractivity (Wildman–Crippen MR) is 103 cm³/mol. The van der Waals surface area contributed by atoms with Crippen LogP contribution < -0.4 is 10.6 Å². The fourth-order valence-corrected chi connectivity index (χ4v) is 2.89.